The maximum atomic E-state index is 12.7. The van der Waals surface area contributed by atoms with E-state index in [-0.39, 0.29) is 16.8 Å². The molecule has 1 aliphatic carbocycles. The number of hydrogen-bond acceptors (Lipinski definition) is 4. The highest BCUT2D eigenvalue weighted by Crippen LogP contribution is 2.26. The predicted molar refractivity (Wildman–Crippen MR) is 120 cm³/mol. The molecular formula is C24H24N2O4S. The SMILES string of the molecule is COc1ccc(NC(=O)c2ccc(S(=O)(=O)NC3CC3)cc2)cc1Cc1ccccc1. The Morgan fingerprint density at radius 1 is 1.00 bits per heavy atom. The van der Waals surface area contributed by atoms with Crippen LogP contribution < -0.4 is 14.8 Å². The molecule has 31 heavy (non-hydrogen) atoms. The Balaban J connectivity index is 1.48. The Morgan fingerprint density at radius 2 is 1.71 bits per heavy atom. The van der Waals surface area contributed by atoms with Crippen molar-refractivity contribution >= 4 is 21.6 Å². The molecule has 3 aromatic rings. The van der Waals surface area contributed by atoms with E-state index in [9.17, 15) is 13.2 Å². The summed E-state index contributed by atoms with van der Waals surface area (Å²) in [5, 5.41) is 2.88. The zero-order chi connectivity index (χ0) is 21.8. The van der Waals surface area contributed by atoms with Gasteiger partial charge in [0, 0.05) is 29.3 Å². The lowest BCUT2D eigenvalue weighted by Crippen LogP contribution is -2.25. The van der Waals surface area contributed by atoms with Gasteiger partial charge in [-0.15, -0.1) is 0 Å². The summed E-state index contributed by atoms with van der Waals surface area (Å²) in [6.07, 6.45) is 2.41. The van der Waals surface area contributed by atoms with Crippen LogP contribution in [0.1, 0.15) is 34.3 Å². The van der Waals surface area contributed by atoms with Crippen LogP contribution in [0.3, 0.4) is 0 Å². The first-order valence-electron chi connectivity index (χ1n) is 10.1. The van der Waals surface area contributed by atoms with Crippen molar-refractivity contribution < 1.29 is 17.9 Å². The molecule has 0 radical (unpaired) electrons. The lowest BCUT2D eigenvalue weighted by atomic mass is 10.0. The summed E-state index contributed by atoms with van der Waals surface area (Å²) in [4.78, 5) is 12.8. The third-order valence-electron chi connectivity index (χ3n) is 5.10. The van der Waals surface area contributed by atoms with Crippen molar-refractivity contribution in [3.8, 4) is 5.75 Å². The van der Waals surface area contributed by atoms with Crippen LogP contribution >= 0.6 is 0 Å². The second-order valence-electron chi connectivity index (χ2n) is 7.56. The zero-order valence-electron chi connectivity index (χ0n) is 17.2. The van der Waals surface area contributed by atoms with Gasteiger partial charge in [-0.3, -0.25) is 4.79 Å². The van der Waals surface area contributed by atoms with Crippen LogP contribution in [-0.4, -0.2) is 27.5 Å². The smallest absolute Gasteiger partial charge is 0.255 e. The monoisotopic (exact) mass is 436 g/mol. The molecule has 0 aromatic heterocycles. The maximum Gasteiger partial charge on any atom is 0.255 e. The number of hydrogen-bond donors (Lipinski definition) is 2. The minimum absolute atomic E-state index is 0.0353. The normalized spacial score (nSPS) is 13.6. The van der Waals surface area contributed by atoms with Crippen LogP contribution in [0.2, 0.25) is 0 Å². The van der Waals surface area contributed by atoms with Crippen LogP contribution in [-0.2, 0) is 16.4 Å². The fourth-order valence-electron chi connectivity index (χ4n) is 3.29. The molecule has 0 heterocycles. The topological polar surface area (TPSA) is 84.5 Å². The summed E-state index contributed by atoms with van der Waals surface area (Å²) in [6, 6.07) is 21.5. The van der Waals surface area contributed by atoms with Crippen LogP contribution in [0, 0.1) is 0 Å². The van der Waals surface area contributed by atoms with E-state index in [2.05, 4.69) is 10.0 Å². The molecule has 1 aliphatic rings. The fourth-order valence-corrected chi connectivity index (χ4v) is 4.59. The molecule has 0 aliphatic heterocycles. The van der Waals surface area contributed by atoms with Crippen LogP contribution in [0.25, 0.3) is 0 Å². The Bertz CT molecular complexity index is 1170. The minimum atomic E-state index is -3.54. The fraction of sp³-hybridized carbons (Fsp3) is 0.208. The van der Waals surface area contributed by atoms with E-state index < -0.39 is 10.0 Å². The molecule has 3 aromatic carbocycles. The summed E-state index contributed by atoms with van der Waals surface area (Å²) in [7, 11) is -1.92. The van der Waals surface area contributed by atoms with Crippen LogP contribution in [0.15, 0.2) is 77.7 Å². The molecule has 0 saturated heterocycles. The molecule has 0 atom stereocenters. The van der Waals surface area contributed by atoms with Gasteiger partial charge in [0.2, 0.25) is 10.0 Å². The summed E-state index contributed by atoms with van der Waals surface area (Å²) < 4.78 is 32.7. The van der Waals surface area contributed by atoms with Gasteiger partial charge in [-0.05, 0) is 60.9 Å². The van der Waals surface area contributed by atoms with Crippen LogP contribution in [0.5, 0.6) is 5.75 Å². The van der Waals surface area contributed by atoms with E-state index in [1.807, 2.05) is 42.5 Å². The van der Waals surface area contributed by atoms with E-state index in [4.69, 9.17) is 4.74 Å². The quantitative estimate of drug-likeness (QED) is 0.559. The molecule has 0 spiro atoms. The lowest BCUT2D eigenvalue weighted by Gasteiger charge is -2.12. The largest absolute Gasteiger partial charge is 0.496 e. The van der Waals surface area contributed by atoms with Gasteiger partial charge >= 0.3 is 0 Å². The number of amides is 1. The van der Waals surface area contributed by atoms with Gasteiger partial charge in [-0.2, -0.15) is 0 Å². The number of benzene rings is 3. The number of carbonyl (C=O) groups excluding carboxylic acids is 1. The highest BCUT2D eigenvalue weighted by atomic mass is 32.2. The highest BCUT2D eigenvalue weighted by Gasteiger charge is 2.28. The van der Waals surface area contributed by atoms with Crippen molar-refractivity contribution in [1.29, 1.82) is 0 Å². The summed E-state index contributed by atoms with van der Waals surface area (Å²) in [6.45, 7) is 0. The van der Waals surface area contributed by atoms with E-state index in [0.717, 1.165) is 29.7 Å². The second kappa shape index (κ2) is 8.91. The van der Waals surface area contributed by atoms with Gasteiger partial charge in [-0.25, -0.2) is 13.1 Å². The van der Waals surface area contributed by atoms with Gasteiger partial charge in [0.15, 0.2) is 0 Å². The Morgan fingerprint density at radius 3 is 2.35 bits per heavy atom. The molecule has 2 N–H and O–H groups in total. The van der Waals surface area contributed by atoms with Gasteiger partial charge in [-0.1, -0.05) is 30.3 Å². The Labute approximate surface area is 182 Å². The van der Waals surface area contributed by atoms with Crippen molar-refractivity contribution in [3.63, 3.8) is 0 Å². The standard InChI is InChI=1S/C24H24N2O4S/c1-30-23-14-11-21(16-19(23)15-17-5-3-2-4-6-17)25-24(27)18-7-12-22(13-8-18)31(28,29)26-20-9-10-20/h2-8,11-14,16,20,26H,9-10,15H2,1H3,(H,25,27). The highest BCUT2D eigenvalue weighted by molar-refractivity contribution is 7.89. The van der Waals surface area contributed by atoms with E-state index >= 15 is 0 Å². The predicted octanol–water partition coefficient (Wildman–Crippen LogP) is 3.98. The van der Waals surface area contributed by atoms with Gasteiger partial charge in [0.05, 0.1) is 12.0 Å². The number of carbonyl (C=O) groups is 1. The third kappa shape index (κ3) is 5.31. The number of nitrogens with one attached hydrogen (secondary N) is 2. The van der Waals surface area contributed by atoms with Crippen molar-refractivity contribution in [2.75, 3.05) is 12.4 Å². The number of ether oxygens (including phenoxy) is 1. The molecule has 7 heteroatoms. The van der Waals surface area contributed by atoms with E-state index in [1.165, 1.54) is 24.3 Å². The maximum absolute atomic E-state index is 12.7. The molecule has 4 rings (SSSR count). The van der Waals surface area contributed by atoms with E-state index in [1.54, 1.807) is 13.2 Å². The first kappa shape index (κ1) is 21.1. The average molecular weight is 437 g/mol. The van der Waals surface area contributed by atoms with Crippen molar-refractivity contribution in [3.05, 3.63) is 89.5 Å². The van der Waals surface area contributed by atoms with Crippen molar-refractivity contribution in [2.45, 2.75) is 30.2 Å². The molecule has 0 unspecified atom stereocenters. The van der Waals surface area contributed by atoms with Crippen LogP contribution in [0.4, 0.5) is 5.69 Å². The molecule has 1 fully saturated rings. The van der Waals surface area contributed by atoms with Gasteiger partial charge < -0.3 is 10.1 Å². The summed E-state index contributed by atoms with van der Waals surface area (Å²) >= 11 is 0. The van der Waals surface area contributed by atoms with Gasteiger partial charge in [0.25, 0.3) is 5.91 Å². The first-order chi connectivity index (χ1) is 14.9. The molecule has 160 valence electrons. The average Bonchev–Trinajstić information content (AvgIpc) is 3.58. The first-order valence-corrected chi connectivity index (χ1v) is 11.6. The lowest BCUT2D eigenvalue weighted by molar-refractivity contribution is 0.102. The van der Waals surface area contributed by atoms with E-state index in [0.29, 0.717) is 17.7 Å². The number of anilines is 1. The number of sulfonamides is 1. The zero-order valence-corrected chi connectivity index (χ0v) is 18.0. The van der Waals surface area contributed by atoms with Crippen molar-refractivity contribution in [2.24, 2.45) is 0 Å². The summed E-state index contributed by atoms with van der Waals surface area (Å²) in [5.74, 6) is 0.439. The number of rotatable bonds is 8. The van der Waals surface area contributed by atoms with Gasteiger partial charge in [0.1, 0.15) is 5.75 Å². The molecule has 1 amide bonds. The second-order valence-corrected chi connectivity index (χ2v) is 9.28. The Kier molecular flexibility index (Phi) is 6.06. The Hall–Kier alpha value is -3.16. The molecule has 6 nitrogen and oxygen atoms in total. The summed E-state index contributed by atoms with van der Waals surface area (Å²) in [5.41, 5.74) is 3.12. The molecular weight excluding hydrogens is 412 g/mol. The third-order valence-corrected chi connectivity index (χ3v) is 6.64. The van der Waals surface area contributed by atoms with Crippen molar-refractivity contribution in [1.82, 2.24) is 4.72 Å². The minimum Gasteiger partial charge on any atom is -0.496 e. The molecule has 1 saturated carbocycles. The number of methoxy groups -OCH3 is 1. The molecule has 0 bridgehead atoms.